The molecule has 0 unspecified atom stereocenters. The molecule has 0 saturated heterocycles. The molecule has 1 aromatic heterocycles. The minimum atomic E-state index is -0.452. The van der Waals surface area contributed by atoms with Crippen LogP contribution in [0.1, 0.15) is 44.7 Å². The van der Waals surface area contributed by atoms with Crippen molar-refractivity contribution in [1.29, 1.82) is 0 Å². The first-order chi connectivity index (χ1) is 12.1. The van der Waals surface area contributed by atoms with E-state index in [2.05, 4.69) is 25.3 Å². The Kier molecular flexibility index (Phi) is 7.37. The fourth-order valence-electron chi connectivity index (χ4n) is 2.80. The van der Waals surface area contributed by atoms with Gasteiger partial charge in [-0.2, -0.15) is 0 Å². The first-order valence-corrected chi connectivity index (χ1v) is 8.71. The van der Waals surface area contributed by atoms with Crippen molar-refractivity contribution in [2.45, 2.75) is 45.1 Å². The molecule has 0 bridgehead atoms. The van der Waals surface area contributed by atoms with Gasteiger partial charge in [0.1, 0.15) is 11.9 Å². The van der Waals surface area contributed by atoms with Gasteiger partial charge < -0.3 is 15.4 Å². The molecule has 1 aliphatic carbocycles. The SMILES string of the molecule is COC(=O)C=Cc1cnc(N[C@H](C)C(=O)NCC2CCCCC2)cn1. The number of hydrogen-bond donors (Lipinski definition) is 2. The van der Waals surface area contributed by atoms with Crippen molar-refractivity contribution in [2.24, 2.45) is 5.92 Å². The number of amides is 1. The van der Waals surface area contributed by atoms with Gasteiger partial charge in [-0.15, -0.1) is 0 Å². The van der Waals surface area contributed by atoms with Crippen molar-refractivity contribution in [3.8, 4) is 0 Å². The lowest BCUT2D eigenvalue weighted by molar-refractivity contribution is -0.134. The summed E-state index contributed by atoms with van der Waals surface area (Å²) < 4.78 is 4.51. The molecule has 2 rings (SSSR count). The van der Waals surface area contributed by atoms with Gasteiger partial charge in [0.2, 0.25) is 5.91 Å². The molecule has 1 fully saturated rings. The Morgan fingerprint density at radius 2 is 2.04 bits per heavy atom. The van der Waals surface area contributed by atoms with Gasteiger partial charge >= 0.3 is 5.97 Å². The zero-order chi connectivity index (χ0) is 18.1. The first-order valence-electron chi connectivity index (χ1n) is 8.71. The highest BCUT2D eigenvalue weighted by Crippen LogP contribution is 2.22. The molecule has 7 heteroatoms. The molecule has 0 aliphatic heterocycles. The number of methoxy groups -OCH3 is 1. The molecule has 7 nitrogen and oxygen atoms in total. The van der Waals surface area contributed by atoms with Crippen LogP contribution in [-0.2, 0) is 14.3 Å². The molecule has 1 atom stereocenters. The van der Waals surface area contributed by atoms with Crippen LogP contribution in [0.4, 0.5) is 5.82 Å². The molecular weight excluding hydrogens is 320 g/mol. The standard InChI is InChI=1S/C18H26N4O3/c1-13(18(24)21-10-14-6-4-3-5-7-14)22-16-12-19-15(11-20-16)8-9-17(23)25-2/h8-9,11-14H,3-7,10H2,1-2H3,(H,20,22)(H,21,24)/t13-/m1/s1. The summed E-state index contributed by atoms with van der Waals surface area (Å²) in [6.07, 6.45) is 12.1. The molecule has 1 amide bonds. The minimum Gasteiger partial charge on any atom is -0.466 e. The highest BCUT2D eigenvalue weighted by atomic mass is 16.5. The van der Waals surface area contributed by atoms with E-state index in [1.165, 1.54) is 63.8 Å². The van der Waals surface area contributed by atoms with E-state index >= 15 is 0 Å². The first kappa shape index (κ1) is 18.9. The number of esters is 1. The fraction of sp³-hybridized carbons (Fsp3) is 0.556. The van der Waals surface area contributed by atoms with Gasteiger partial charge in [-0.05, 0) is 31.8 Å². The van der Waals surface area contributed by atoms with Crippen LogP contribution in [0.2, 0.25) is 0 Å². The maximum absolute atomic E-state index is 12.2. The van der Waals surface area contributed by atoms with E-state index in [0.717, 1.165) is 6.54 Å². The van der Waals surface area contributed by atoms with Crippen LogP contribution in [-0.4, -0.2) is 41.5 Å². The second-order valence-corrected chi connectivity index (χ2v) is 6.30. The lowest BCUT2D eigenvalue weighted by atomic mass is 9.89. The molecule has 1 aromatic rings. The van der Waals surface area contributed by atoms with Crippen molar-refractivity contribution >= 4 is 23.8 Å². The molecule has 1 heterocycles. The number of nitrogens with zero attached hydrogens (tertiary/aromatic N) is 2. The van der Waals surface area contributed by atoms with Crippen molar-refractivity contribution in [2.75, 3.05) is 19.0 Å². The van der Waals surface area contributed by atoms with Gasteiger partial charge in [0, 0.05) is 12.6 Å². The molecule has 1 saturated carbocycles. The largest absolute Gasteiger partial charge is 0.466 e. The smallest absolute Gasteiger partial charge is 0.330 e. The molecule has 0 aromatic carbocycles. The number of ether oxygens (including phenoxy) is 1. The van der Waals surface area contributed by atoms with E-state index < -0.39 is 12.0 Å². The number of rotatable bonds is 7. The van der Waals surface area contributed by atoms with Gasteiger partial charge in [-0.25, -0.2) is 9.78 Å². The van der Waals surface area contributed by atoms with Crippen LogP contribution in [0.25, 0.3) is 6.08 Å². The summed E-state index contributed by atoms with van der Waals surface area (Å²) in [4.78, 5) is 31.6. The molecule has 0 radical (unpaired) electrons. The quantitative estimate of drug-likeness (QED) is 0.580. The maximum atomic E-state index is 12.2. The van der Waals surface area contributed by atoms with Crippen LogP contribution in [0.3, 0.4) is 0 Å². The summed E-state index contributed by atoms with van der Waals surface area (Å²) in [6, 6.07) is -0.394. The second kappa shape index (κ2) is 9.76. The van der Waals surface area contributed by atoms with Gasteiger partial charge in [0.15, 0.2) is 0 Å². The topological polar surface area (TPSA) is 93.2 Å². The molecular formula is C18H26N4O3. The number of carbonyl (C=O) groups excluding carboxylic acids is 2. The number of anilines is 1. The summed E-state index contributed by atoms with van der Waals surface area (Å²) in [6.45, 7) is 2.54. The molecule has 2 N–H and O–H groups in total. The average Bonchev–Trinajstić information content (AvgIpc) is 2.66. The predicted octanol–water partition coefficient (Wildman–Crippen LogP) is 2.16. The van der Waals surface area contributed by atoms with Crippen molar-refractivity contribution in [3.05, 3.63) is 24.2 Å². The Labute approximate surface area is 148 Å². The van der Waals surface area contributed by atoms with Gasteiger partial charge in [-0.3, -0.25) is 9.78 Å². The van der Waals surface area contributed by atoms with E-state index in [4.69, 9.17) is 0 Å². The summed E-state index contributed by atoms with van der Waals surface area (Å²) in [5.74, 6) is 0.621. The third kappa shape index (κ3) is 6.52. The molecule has 1 aliphatic rings. The van der Waals surface area contributed by atoms with Gasteiger partial charge in [0.05, 0.1) is 25.2 Å². The Morgan fingerprint density at radius 3 is 2.68 bits per heavy atom. The molecule has 136 valence electrons. The van der Waals surface area contributed by atoms with Crippen LogP contribution in [0.15, 0.2) is 18.5 Å². The Morgan fingerprint density at radius 1 is 1.28 bits per heavy atom. The van der Waals surface area contributed by atoms with E-state index in [0.29, 0.717) is 17.4 Å². The van der Waals surface area contributed by atoms with E-state index in [1.807, 2.05) is 0 Å². The van der Waals surface area contributed by atoms with Crippen molar-refractivity contribution in [1.82, 2.24) is 15.3 Å². The number of hydrogen-bond acceptors (Lipinski definition) is 6. The predicted molar refractivity (Wildman–Crippen MR) is 95.8 cm³/mol. The highest BCUT2D eigenvalue weighted by Gasteiger charge is 2.17. The number of nitrogens with one attached hydrogen (secondary N) is 2. The van der Waals surface area contributed by atoms with E-state index in [-0.39, 0.29) is 5.91 Å². The normalized spacial score (nSPS) is 16.4. The number of aromatic nitrogens is 2. The molecule has 0 spiro atoms. The van der Waals surface area contributed by atoms with E-state index in [9.17, 15) is 9.59 Å². The summed E-state index contributed by atoms with van der Waals surface area (Å²) in [5.41, 5.74) is 0.533. The second-order valence-electron chi connectivity index (χ2n) is 6.30. The average molecular weight is 346 g/mol. The van der Waals surface area contributed by atoms with Gasteiger partial charge in [-0.1, -0.05) is 19.3 Å². The van der Waals surface area contributed by atoms with Gasteiger partial charge in [0.25, 0.3) is 0 Å². The summed E-state index contributed by atoms with van der Waals surface area (Å²) >= 11 is 0. The fourth-order valence-corrected chi connectivity index (χ4v) is 2.80. The molecule has 25 heavy (non-hydrogen) atoms. The van der Waals surface area contributed by atoms with Crippen LogP contribution in [0, 0.1) is 5.92 Å². The van der Waals surface area contributed by atoms with Crippen LogP contribution < -0.4 is 10.6 Å². The monoisotopic (exact) mass is 346 g/mol. The lowest BCUT2D eigenvalue weighted by Gasteiger charge is -2.23. The third-order valence-corrected chi connectivity index (χ3v) is 4.31. The minimum absolute atomic E-state index is 0.0398. The number of carbonyl (C=O) groups is 2. The van der Waals surface area contributed by atoms with Crippen molar-refractivity contribution in [3.63, 3.8) is 0 Å². The summed E-state index contributed by atoms with van der Waals surface area (Å²) in [7, 11) is 1.31. The Bertz CT molecular complexity index is 595. The highest BCUT2D eigenvalue weighted by molar-refractivity contribution is 5.86. The van der Waals surface area contributed by atoms with Crippen molar-refractivity contribution < 1.29 is 14.3 Å². The zero-order valence-electron chi connectivity index (χ0n) is 14.8. The van der Waals surface area contributed by atoms with Crippen LogP contribution in [0.5, 0.6) is 0 Å². The maximum Gasteiger partial charge on any atom is 0.330 e. The Balaban J connectivity index is 1.78. The third-order valence-electron chi connectivity index (χ3n) is 4.31. The summed E-state index contributed by atoms with van der Waals surface area (Å²) in [5, 5.41) is 6.04. The Hall–Kier alpha value is -2.44. The zero-order valence-corrected chi connectivity index (χ0v) is 14.8. The van der Waals surface area contributed by atoms with Crippen LogP contribution >= 0.6 is 0 Å². The lowest BCUT2D eigenvalue weighted by Crippen LogP contribution is -2.40. The van der Waals surface area contributed by atoms with E-state index in [1.54, 1.807) is 6.92 Å².